The SMILES string of the molecule is CC#C/C(=N\OCC(=O)OC)C(C)C. The molecule has 0 radical (unpaired) electrons. The maximum atomic E-state index is 10.7. The molecule has 0 aliphatic heterocycles. The quantitative estimate of drug-likeness (QED) is 0.294. The van der Waals surface area contributed by atoms with Crippen LogP contribution in [-0.2, 0) is 14.4 Å². The molecule has 0 rings (SSSR count). The Labute approximate surface area is 84.3 Å². The van der Waals surface area contributed by atoms with Crippen molar-refractivity contribution in [1.82, 2.24) is 0 Å². The summed E-state index contributed by atoms with van der Waals surface area (Å²) in [5.74, 6) is 5.24. The van der Waals surface area contributed by atoms with Gasteiger partial charge >= 0.3 is 5.97 Å². The van der Waals surface area contributed by atoms with Crippen LogP contribution in [0, 0.1) is 17.8 Å². The van der Waals surface area contributed by atoms with E-state index in [0.29, 0.717) is 5.71 Å². The van der Waals surface area contributed by atoms with Crippen molar-refractivity contribution < 1.29 is 14.4 Å². The van der Waals surface area contributed by atoms with Crippen LogP contribution in [0.4, 0.5) is 0 Å². The van der Waals surface area contributed by atoms with E-state index in [-0.39, 0.29) is 12.5 Å². The third-order valence-corrected chi connectivity index (χ3v) is 1.37. The minimum Gasteiger partial charge on any atom is -0.466 e. The summed E-state index contributed by atoms with van der Waals surface area (Å²) < 4.78 is 4.38. The van der Waals surface area contributed by atoms with Gasteiger partial charge in [-0.25, -0.2) is 4.79 Å². The lowest BCUT2D eigenvalue weighted by atomic mass is 10.1. The van der Waals surface area contributed by atoms with Crippen LogP contribution >= 0.6 is 0 Å². The maximum Gasteiger partial charge on any atom is 0.346 e. The minimum atomic E-state index is -0.457. The lowest BCUT2D eigenvalue weighted by molar-refractivity contribution is -0.145. The fourth-order valence-corrected chi connectivity index (χ4v) is 0.614. The molecule has 0 aliphatic carbocycles. The highest BCUT2D eigenvalue weighted by atomic mass is 16.6. The fourth-order valence-electron chi connectivity index (χ4n) is 0.614. The van der Waals surface area contributed by atoms with E-state index in [1.807, 2.05) is 13.8 Å². The van der Waals surface area contributed by atoms with Crippen molar-refractivity contribution in [1.29, 1.82) is 0 Å². The Morgan fingerprint density at radius 3 is 2.57 bits per heavy atom. The van der Waals surface area contributed by atoms with E-state index >= 15 is 0 Å². The van der Waals surface area contributed by atoms with Crippen molar-refractivity contribution in [2.75, 3.05) is 13.7 Å². The summed E-state index contributed by atoms with van der Waals surface area (Å²) in [5, 5.41) is 3.74. The van der Waals surface area contributed by atoms with E-state index in [0.717, 1.165) is 0 Å². The molecule has 78 valence electrons. The number of carbonyl (C=O) groups excluding carboxylic acids is 1. The zero-order valence-electron chi connectivity index (χ0n) is 8.96. The van der Waals surface area contributed by atoms with Gasteiger partial charge in [-0.05, 0) is 12.8 Å². The number of nitrogens with zero attached hydrogens (tertiary/aromatic N) is 1. The third kappa shape index (κ3) is 5.20. The Bertz CT molecular complexity index is 271. The van der Waals surface area contributed by atoms with Gasteiger partial charge in [0, 0.05) is 5.92 Å². The van der Waals surface area contributed by atoms with Crippen LogP contribution in [0.25, 0.3) is 0 Å². The predicted octanol–water partition coefficient (Wildman–Crippen LogP) is 1.21. The first-order valence-corrected chi connectivity index (χ1v) is 4.31. The lowest BCUT2D eigenvalue weighted by Gasteiger charge is -2.02. The monoisotopic (exact) mass is 197 g/mol. The molecule has 4 heteroatoms. The van der Waals surface area contributed by atoms with Gasteiger partial charge in [-0.2, -0.15) is 0 Å². The highest BCUT2D eigenvalue weighted by Crippen LogP contribution is 1.97. The summed E-state index contributed by atoms with van der Waals surface area (Å²) in [4.78, 5) is 15.4. The van der Waals surface area contributed by atoms with Crippen molar-refractivity contribution in [2.45, 2.75) is 20.8 Å². The van der Waals surface area contributed by atoms with Crippen LogP contribution in [0.5, 0.6) is 0 Å². The zero-order chi connectivity index (χ0) is 11.0. The van der Waals surface area contributed by atoms with E-state index in [4.69, 9.17) is 4.84 Å². The molecule has 0 atom stereocenters. The first-order chi connectivity index (χ1) is 6.61. The zero-order valence-corrected chi connectivity index (χ0v) is 8.96. The normalized spacial score (nSPS) is 10.5. The Balaban J connectivity index is 4.15. The van der Waals surface area contributed by atoms with E-state index in [1.54, 1.807) is 6.92 Å². The lowest BCUT2D eigenvalue weighted by Crippen LogP contribution is -2.11. The second-order valence-corrected chi connectivity index (χ2v) is 2.86. The number of carbonyl (C=O) groups is 1. The molecule has 0 bridgehead atoms. The molecule has 0 aromatic carbocycles. The van der Waals surface area contributed by atoms with Crippen LogP contribution in [0.15, 0.2) is 5.16 Å². The molecule has 0 aromatic rings. The molecule has 0 spiro atoms. The summed E-state index contributed by atoms with van der Waals surface area (Å²) in [6, 6.07) is 0. The molecule has 0 aromatic heterocycles. The van der Waals surface area contributed by atoms with Crippen molar-refractivity contribution in [3.05, 3.63) is 0 Å². The molecule has 14 heavy (non-hydrogen) atoms. The summed E-state index contributed by atoms with van der Waals surface area (Å²) in [5.41, 5.74) is 0.622. The molecule has 0 N–H and O–H groups in total. The minimum absolute atomic E-state index is 0.181. The molecular weight excluding hydrogens is 182 g/mol. The average Bonchev–Trinajstić information content (AvgIpc) is 2.16. The van der Waals surface area contributed by atoms with E-state index in [9.17, 15) is 4.79 Å². The summed E-state index contributed by atoms with van der Waals surface area (Å²) >= 11 is 0. The second kappa shape index (κ2) is 6.96. The van der Waals surface area contributed by atoms with Gasteiger partial charge in [0.05, 0.1) is 7.11 Å². The third-order valence-electron chi connectivity index (χ3n) is 1.37. The van der Waals surface area contributed by atoms with Gasteiger partial charge in [0.1, 0.15) is 5.71 Å². The number of oxime groups is 1. The smallest absolute Gasteiger partial charge is 0.346 e. The van der Waals surface area contributed by atoms with E-state index in [2.05, 4.69) is 21.7 Å². The van der Waals surface area contributed by atoms with Crippen LogP contribution in [0.1, 0.15) is 20.8 Å². The van der Waals surface area contributed by atoms with Gasteiger partial charge in [0.25, 0.3) is 0 Å². The fraction of sp³-hybridized carbons (Fsp3) is 0.600. The van der Waals surface area contributed by atoms with Gasteiger partial charge in [-0.3, -0.25) is 0 Å². The molecule has 0 aliphatic rings. The number of hydrogen-bond donors (Lipinski definition) is 0. The first kappa shape index (κ1) is 12.5. The number of ether oxygens (including phenoxy) is 1. The van der Waals surface area contributed by atoms with Crippen LogP contribution in [0.2, 0.25) is 0 Å². The van der Waals surface area contributed by atoms with E-state index in [1.165, 1.54) is 7.11 Å². The summed E-state index contributed by atoms with van der Waals surface area (Å²) in [7, 11) is 1.30. The number of rotatable bonds is 4. The van der Waals surface area contributed by atoms with Gasteiger partial charge in [0.15, 0.2) is 0 Å². The topological polar surface area (TPSA) is 47.9 Å². The number of hydrogen-bond acceptors (Lipinski definition) is 4. The molecule has 0 saturated heterocycles. The molecule has 4 nitrogen and oxygen atoms in total. The van der Waals surface area contributed by atoms with Crippen molar-refractivity contribution in [2.24, 2.45) is 11.1 Å². The van der Waals surface area contributed by atoms with Crippen LogP contribution < -0.4 is 0 Å². The maximum absolute atomic E-state index is 10.7. The van der Waals surface area contributed by atoms with Crippen molar-refractivity contribution in [3.63, 3.8) is 0 Å². The Hall–Kier alpha value is -1.50. The van der Waals surface area contributed by atoms with Gasteiger partial charge in [-0.15, -0.1) is 0 Å². The summed E-state index contributed by atoms with van der Waals surface area (Å²) in [6.07, 6.45) is 0. The highest BCUT2D eigenvalue weighted by Gasteiger charge is 2.03. The Kier molecular flexibility index (Phi) is 6.21. The predicted molar refractivity (Wildman–Crippen MR) is 53.7 cm³/mol. The Morgan fingerprint density at radius 1 is 1.50 bits per heavy atom. The largest absolute Gasteiger partial charge is 0.466 e. The van der Waals surface area contributed by atoms with Crippen LogP contribution in [0.3, 0.4) is 0 Å². The van der Waals surface area contributed by atoms with Crippen molar-refractivity contribution in [3.8, 4) is 11.8 Å². The van der Waals surface area contributed by atoms with Crippen molar-refractivity contribution >= 4 is 11.7 Å². The first-order valence-electron chi connectivity index (χ1n) is 4.31. The highest BCUT2D eigenvalue weighted by molar-refractivity contribution is 6.01. The molecular formula is C10H15NO3. The standard InChI is InChI=1S/C10H15NO3/c1-5-6-9(8(2)3)11-14-7-10(12)13-4/h8H,7H2,1-4H3/b11-9+. The Morgan fingerprint density at radius 2 is 2.14 bits per heavy atom. The molecule has 0 fully saturated rings. The molecule has 0 amide bonds. The summed E-state index contributed by atoms with van der Waals surface area (Å²) in [6.45, 7) is 5.44. The number of methoxy groups -OCH3 is 1. The molecule has 0 unspecified atom stereocenters. The number of esters is 1. The van der Waals surface area contributed by atoms with Gasteiger partial charge in [-0.1, -0.05) is 24.9 Å². The second-order valence-electron chi connectivity index (χ2n) is 2.86. The molecule has 0 heterocycles. The molecule has 0 saturated carbocycles. The van der Waals surface area contributed by atoms with Gasteiger partial charge < -0.3 is 9.57 Å². The van der Waals surface area contributed by atoms with E-state index < -0.39 is 5.97 Å². The van der Waals surface area contributed by atoms with Crippen LogP contribution in [-0.4, -0.2) is 25.4 Å². The van der Waals surface area contributed by atoms with Gasteiger partial charge in [0.2, 0.25) is 6.61 Å². The average molecular weight is 197 g/mol.